The molecule has 1 amide bonds. The summed E-state index contributed by atoms with van der Waals surface area (Å²) in [6.45, 7) is 5.86. The maximum absolute atomic E-state index is 12.0. The fourth-order valence-corrected chi connectivity index (χ4v) is 1.79. The summed E-state index contributed by atoms with van der Waals surface area (Å²) >= 11 is 15.2. The average molecular weight is 339 g/mol. The number of benzene rings is 1. The van der Waals surface area contributed by atoms with Crippen molar-refractivity contribution < 1.29 is 4.79 Å². The van der Waals surface area contributed by atoms with Gasteiger partial charge in [0.25, 0.3) is 5.91 Å². The smallest absolute Gasteiger partial charge is 0.251 e. The van der Waals surface area contributed by atoms with Gasteiger partial charge in [-0.1, -0.05) is 46.1 Å². The highest BCUT2D eigenvalue weighted by molar-refractivity contribution is 9.09. The molecule has 17 heavy (non-hydrogen) atoms. The molecule has 0 aliphatic carbocycles. The fourth-order valence-electron chi connectivity index (χ4n) is 1.15. The van der Waals surface area contributed by atoms with Crippen LogP contribution in [0.1, 0.15) is 31.1 Å². The molecule has 0 bridgehead atoms. The van der Waals surface area contributed by atoms with Crippen LogP contribution in [0.2, 0.25) is 10.0 Å². The maximum Gasteiger partial charge on any atom is 0.251 e. The molecule has 0 aliphatic heterocycles. The van der Waals surface area contributed by atoms with Crippen LogP contribution in [0.3, 0.4) is 0 Å². The summed E-state index contributed by atoms with van der Waals surface area (Å²) in [5.74, 6) is -0.189. The van der Waals surface area contributed by atoms with Crippen molar-refractivity contribution in [2.75, 3.05) is 0 Å². The van der Waals surface area contributed by atoms with Crippen molar-refractivity contribution in [1.29, 1.82) is 0 Å². The van der Waals surface area contributed by atoms with Crippen LogP contribution >= 0.6 is 39.1 Å². The van der Waals surface area contributed by atoms with E-state index in [9.17, 15) is 4.79 Å². The molecule has 2 nitrogen and oxygen atoms in total. The SMILES string of the molecule is CC(Br)C(C)(C)NC(=O)c1cc(Cl)cc(Cl)c1. The zero-order valence-corrected chi connectivity index (χ0v) is 12.9. The molecule has 1 unspecified atom stereocenters. The number of alkyl halides is 1. The first-order valence-corrected chi connectivity index (χ1v) is 6.82. The Balaban J connectivity index is 2.91. The van der Waals surface area contributed by atoms with Gasteiger partial charge in [-0.3, -0.25) is 4.79 Å². The molecule has 1 N–H and O–H groups in total. The van der Waals surface area contributed by atoms with E-state index in [1.54, 1.807) is 18.2 Å². The lowest BCUT2D eigenvalue weighted by molar-refractivity contribution is 0.0914. The Labute approximate surface area is 120 Å². The Morgan fingerprint density at radius 1 is 1.29 bits per heavy atom. The van der Waals surface area contributed by atoms with Gasteiger partial charge < -0.3 is 5.32 Å². The van der Waals surface area contributed by atoms with Gasteiger partial charge in [0.2, 0.25) is 0 Å². The van der Waals surface area contributed by atoms with Crippen molar-refractivity contribution in [2.24, 2.45) is 0 Å². The summed E-state index contributed by atoms with van der Waals surface area (Å²) in [5.41, 5.74) is 0.107. The Morgan fingerprint density at radius 2 is 1.76 bits per heavy atom. The third-order valence-corrected chi connectivity index (χ3v) is 4.14. The molecule has 1 aromatic rings. The van der Waals surface area contributed by atoms with Crippen LogP contribution in [0, 0.1) is 0 Å². The minimum atomic E-state index is -0.355. The predicted molar refractivity (Wildman–Crippen MR) is 76.4 cm³/mol. The van der Waals surface area contributed by atoms with E-state index < -0.39 is 0 Å². The van der Waals surface area contributed by atoms with Crippen molar-refractivity contribution in [3.05, 3.63) is 33.8 Å². The monoisotopic (exact) mass is 337 g/mol. The molecule has 0 radical (unpaired) electrons. The first-order valence-electron chi connectivity index (χ1n) is 5.15. The number of carbonyl (C=O) groups excluding carboxylic acids is 1. The van der Waals surface area contributed by atoms with E-state index in [2.05, 4.69) is 21.2 Å². The van der Waals surface area contributed by atoms with Gasteiger partial charge in [0.1, 0.15) is 0 Å². The average Bonchev–Trinajstić information content (AvgIpc) is 2.15. The molecule has 1 aromatic carbocycles. The molecule has 0 saturated heterocycles. The van der Waals surface area contributed by atoms with Crippen molar-refractivity contribution in [3.63, 3.8) is 0 Å². The van der Waals surface area contributed by atoms with Gasteiger partial charge in [-0.2, -0.15) is 0 Å². The second-order valence-electron chi connectivity index (χ2n) is 4.45. The van der Waals surface area contributed by atoms with Crippen molar-refractivity contribution >= 4 is 45.0 Å². The Kier molecular flexibility index (Phi) is 4.87. The molecule has 0 aliphatic rings. The minimum absolute atomic E-state index is 0.147. The van der Waals surface area contributed by atoms with Gasteiger partial charge in [-0.25, -0.2) is 0 Å². The molecule has 0 aromatic heterocycles. The van der Waals surface area contributed by atoms with Gasteiger partial charge in [0.15, 0.2) is 0 Å². The number of halogens is 3. The van der Waals surface area contributed by atoms with Crippen LogP contribution in [0.15, 0.2) is 18.2 Å². The fraction of sp³-hybridized carbons (Fsp3) is 0.417. The number of rotatable bonds is 3. The van der Waals surface area contributed by atoms with E-state index in [-0.39, 0.29) is 16.3 Å². The topological polar surface area (TPSA) is 29.1 Å². The van der Waals surface area contributed by atoms with E-state index in [0.717, 1.165) is 0 Å². The second kappa shape index (κ2) is 5.59. The van der Waals surface area contributed by atoms with Crippen LogP contribution < -0.4 is 5.32 Å². The van der Waals surface area contributed by atoms with Crippen molar-refractivity contribution in [2.45, 2.75) is 31.1 Å². The van der Waals surface area contributed by atoms with E-state index >= 15 is 0 Å². The van der Waals surface area contributed by atoms with Crippen LogP contribution in [0.25, 0.3) is 0 Å². The summed E-state index contributed by atoms with van der Waals surface area (Å²) in [5, 5.41) is 3.83. The first-order chi connectivity index (χ1) is 7.72. The zero-order chi connectivity index (χ0) is 13.2. The molecular formula is C12H14BrCl2NO. The van der Waals surface area contributed by atoms with E-state index in [1.165, 1.54) is 0 Å². The van der Waals surface area contributed by atoms with Gasteiger partial charge in [-0.15, -0.1) is 0 Å². The minimum Gasteiger partial charge on any atom is -0.346 e. The zero-order valence-electron chi connectivity index (χ0n) is 9.85. The van der Waals surface area contributed by atoms with Crippen molar-refractivity contribution in [1.82, 2.24) is 5.32 Å². The molecule has 94 valence electrons. The van der Waals surface area contributed by atoms with Gasteiger partial charge in [-0.05, 0) is 32.0 Å². The van der Waals surface area contributed by atoms with Crippen LogP contribution in [0.5, 0.6) is 0 Å². The largest absolute Gasteiger partial charge is 0.346 e. The van der Waals surface area contributed by atoms with Crippen LogP contribution in [-0.4, -0.2) is 16.3 Å². The Bertz CT molecular complexity index is 412. The maximum atomic E-state index is 12.0. The van der Waals surface area contributed by atoms with E-state index in [0.29, 0.717) is 15.6 Å². The molecule has 1 rings (SSSR count). The molecule has 1 atom stereocenters. The third-order valence-electron chi connectivity index (χ3n) is 2.55. The van der Waals surface area contributed by atoms with E-state index in [1.807, 2.05) is 20.8 Å². The number of carbonyl (C=O) groups is 1. The lowest BCUT2D eigenvalue weighted by Gasteiger charge is -2.29. The third kappa shape index (κ3) is 4.16. The van der Waals surface area contributed by atoms with Gasteiger partial charge in [0, 0.05) is 26.0 Å². The number of nitrogens with one attached hydrogen (secondary N) is 1. The highest BCUT2D eigenvalue weighted by atomic mass is 79.9. The summed E-state index contributed by atoms with van der Waals surface area (Å²) in [7, 11) is 0. The molecular weight excluding hydrogens is 325 g/mol. The first kappa shape index (κ1) is 14.8. The Morgan fingerprint density at radius 3 is 2.18 bits per heavy atom. The highest BCUT2D eigenvalue weighted by Gasteiger charge is 2.26. The second-order valence-corrected chi connectivity index (χ2v) is 6.70. The lowest BCUT2D eigenvalue weighted by atomic mass is 10.0. The highest BCUT2D eigenvalue weighted by Crippen LogP contribution is 2.21. The van der Waals surface area contributed by atoms with Gasteiger partial charge >= 0.3 is 0 Å². The number of hydrogen-bond acceptors (Lipinski definition) is 1. The quantitative estimate of drug-likeness (QED) is 0.818. The standard InChI is InChI=1S/C12H14BrCl2NO/c1-7(13)12(2,3)16-11(17)8-4-9(14)6-10(15)5-8/h4-7H,1-3H3,(H,16,17). The number of hydrogen-bond donors (Lipinski definition) is 1. The van der Waals surface area contributed by atoms with Gasteiger partial charge in [0.05, 0.1) is 0 Å². The van der Waals surface area contributed by atoms with Crippen LogP contribution in [-0.2, 0) is 0 Å². The summed E-state index contributed by atoms with van der Waals surface area (Å²) in [4.78, 5) is 12.2. The lowest BCUT2D eigenvalue weighted by Crippen LogP contribution is -2.48. The summed E-state index contributed by atoms with van der Waals surface area (Å²) in [6, 6.07) is 4.79. The van der Waals surface area contributed by atoms with Crippen molar-refractivity contribution in [3.8, 4) is 0 Å². The van der Waals surface area contributed by atoms with E-state index in [4.69, 9.17) is 23.2 Å². The molecule has 5 heteroatoms. The van der Waals surface area contributed by atoms with Crippen LogP contribution in [0.4, 0.5) is 0 Å². The summed E-state index contributed by atoms with van der Waals surface area (Å²) in [6.07, 6.45) is 0. The molecule has 0 spiro atoms. The normalized spacial score (nSPS) is 13.3. The summed E-state index contributed by atoms with van der Waals surface area (Å²) < 4.78 is 0. The molecule has 0 saturated carbocycles. The molecule has 0 fully saturated rings. The number of amides is 1. The predicted octanol–water partition coefficient (Wildman–Crippen LogP) is 4.29. The Hall–Kier alpha value is -0.250. The molecule has 0 heterocycles.